The molecule has 0 amide bonds. The van der Waals surface area contributed by atoms with Gasteiger partial charge in [-0.25, -0.2) is 4.79 Å². The van der Waals surface area contributed by atoms with Crippen LogP contribution in [0.1, 0.15) is 29.6 Å². The monoisotopic (exact) mass is 500 g/mol. The van der Waals surface area contributed by atoms with Crippen molar-refractivity contribution in [3.05, 3.63) is 70.5 Å². The number of carboxylic acid groups (broad SMARTS) is 1. The SMILES string of the molecule is COCC1CCCN1c1nc2ccc(-n3cc(C(=O)O)c(=O)cc3-c3ccc(N4CCC4)cc3)cc2o1. The van der Waals surface area contributed by atoms with Gasteiger partial charge in [-0.2, -0.15) is 4.98 Å². The zero-order valence-electron chi connectivity index (χ0n) is 20.6. The van der Waals surface area contributed by atoms with Crippen LogP contribution in [0.3, 0.4) is 0 Å². The number of ether oxygens (including phenoxy) is 1. The van der Waals surface area contributed by atoms with Gasteiger partial charge < -0.3 is 28.6 Å². The molecule has 2 fully saturated rings. The minimum Gasteiger partial charge on any atom is -0.477 e. The van der Waals surface area contributed by atoms with Crippen molar-refractivity contribution in [1.29, 1.82) is 0 Å². The van der Waals surface area contributed by atoms with Crippen LogP contribution < -0.4 is 15.2 Å². The lowest BCUT2D eigenvalue weighted by Crippen LogP contribution is -2.36. The Morgan fingerprint density at radius 1 is 1.08 bits per heavy atom. The van der Waals surface area contributed by atoms with Gasteiger partial charge in [0.15, 0.2) is 11.0 Å². The van der Waals surface area contributed by atoms with Crippen molar-refractivity contribution in [3.63, 3.8) is 0 Å². The molecule has 2 aromatic carbocycles. The number of benzene rings is 2. The average Bonchev–Trinajstić information content (AvgIpc) is 3.49. The number of aromatic carboxylic acids is 1. The predicted molar refractivity (Wildman–Crippen MR) is 141 cm³/mol. The molecule has 6 rings (SSSR count). The fraction of sp³-hybridized carbons (Fsp3) is 0.321. The van der Waals surface area contributed by atoms with Crippen LogP contribution >= 0.6 is 0 Å². The number of pyridine rings is 1. The zero-order chi connectivity index (χ0) is 25.5. The van der Waals surface area contributed by atoms with E-state index in [0.717, 1.165) is 43.7 Å². The average molecular weight is 501 g/mol. The maximum atomic E-state index is 12.7. The Morgan fingerprint density at radius 2 is 1.86 bits per heavy atom. The Kier molecular flexibility index (Phi) is 5.92. The predicted octanol–water partition coefficient (Wildman–Crippen LogP) is 4.17. The molecule has 0 saturated carbocycles. The first kappa shape index (κ1) is 23.3. The summed E-state index contributed by atoms with van der Waals surface area (Å²) in [5.41, 5.74) is 3.70. The van der Waals surface area contributed by atoms with E-state index in [1.807, 2.05) is 42.5 Å². The van der Waals surface area contributed by atoms with E-state index in [4.69, 9.17) is 9.15 Å². The summed E-state index contributed by atoms with van der Waals surface area (Å²) in [7, 11) is 1.70. The fourth-order valence-electron chi connectivity index (χ4n) is 5.17. The minimum atomic E-state index is -1.26. The molecule has 0 radical (unpaired) electrons. The van der Waals surface area contributed by atoms with Crippen LogP contribution in [0.15, 0.2) is 63.9 Å². The smallest absolute Gasteiger partial charge is 0.341 e. The molecule has 4 heterocycles. The van der Waals surface area contributed by atoms with Gasteiger partial charge in [0, 0.05) is 56.4 Å². The highest BCUT2D eigenvalue weighted by atomic mass is 16.5. The maximum Gasteiger partial charge on any atom is 0.341 e. The number of fused-ring (bicyclic) bond motifs is 1. The Labute approximate surface area is 213 Å². The van der Waals surface area contributed by atoms with E-state index in [0.29, 0.717) is 35.1 Å². The number of oxazole rings is 1. The van der Waals surface area contributed by atoms with Gasteiger partial charge in [-0.1, -0.05) is 12.1 Å². The fourth-order valence-corrected chi connectivity index (χ4v) is 5.17. The summed E-state index contributed by atoms with van der Waals surface area (Å²) in [5.74, 6) is -1.26. The number of methoxy groups -OCH3 is 1. The Morgan fingerprint density at radius 3 is 2.57 bits per heavy atom. The van der Waals surface area contributed by atoms with Crippen molar-refractivity contribution in [2.75, 3.05) is 43.2 Å². The third kappa shape index (κ3) is 4.25. The van der Waals surface area contributed by atoms with Gasteiger partial charge in [0.05, 0.1) is 18.3 Å². The van der Waals surface area contributed by atoms with Gasteiger partial charge in [-0.05, 0) is 49.1 Å². The van der Waals surface area contributed by atoms with Gasteiger partial charge >= 0.3 is 5.97 Å². The summed E-state index contributed by atoms with van der Waals surface area (Å²) in [6.45, 7) is 3.55. The topological polar surface area (TPSA) is 101 Å². The van der Waals surface area contributed by atoms with E-state index >= 15 is 0 Å². The van der Waals surface area contributed by atoms with E-state index in [-0.39, 0.29) is 11.6 Å². The van der Waals surface area contributed by atoms with Crippen molar-refractivity contribution >= 4 is 28.8 Å². The zero-order valence-corrected chi connectivity index (χ0v) is 20.6. The molecule has 4 aromatic rings. The van der Waals surface area contributed by atoms with Crippen LogP contribution in [0.4, 0.5) is 11.7 Å². The van der Waals surface area contributed by atoms with E-state index in [1.165, 1.54) is 18.7 Å². The second-order valence-electron chi connectivity index (χ2n) is 9.59. The van der Waals surface area contributed by atoms with E-state index in [2.05, 4.69) is 14.8 Å². The second kappa shape index (κ2) is 9.40. The van der Waals surface area contributed by atoms with Crippen LogP contribution in [-0.2, 0) is 4.74 Å². The largest absolute Gasteiger partial charge is 0.477 e. The molecule has 1 N–H and O–H groups in total. The summed E-state index contributed by atoms with van der Waals surface area (Å²) in [6, 6.07) is 15.7. The highest BCUT2D eigenvalue weighted by molar-refractivity contribution is 5.88. The number of nitrogens with zero attached hydrogens (tertiary/aromatic N) is 4. The van der Waals surface area contributed by atoms with E-state index in [1.54, 1.807) is 11.7 Å². The second-order valence-corrected chi connectivity index (χ2v) is 9.59. The number of aromatic nitrogens is 2. The number of carbonyl (C=O) groups is 1. The number of carboxylic acids is 1. The first-order valence-corrected chi connectivity index (χ1v) is 12.5. The standard InChI is InChI=1S/C28H28N4O5/c1-36-17-21-4-2-13-31(21)28-29-23-10-9-20(14-26(23)37-28)32-16-22(27(34)35)25(33)15-24(32)18-5-7-19(8-6-18)30-11-3-12-30/h5-10,14-16,21H,2-4,11-13,17H2,1H3,(H,34,35). The summed E-state index contributed by atoms with van der Waals surface area (Å²) in [6.07, 6.45) is 4.64. The molecule has 2 saturated heterocycles. The Bertz CT molecular complexity index is 1520. The molecule has 0 aliphatic carbocycles. The van der Waals surface area contributed by atoms with Gasteiger partial charge in [-0.15, -0.1) is 0 Å². The number of rotatable bonds is 7. The molecule has 37 heavy (non-hydrogen) atoms. The van der Waals surface area contributed by atoms with Crippen LogP contribution in [0.5, 0.6) is 0 Å². The first-order valence-electron chi connectivity index (χ1n) is 12.5. The normalized spacial score (nSPS) is 17.4. The van der Waals surface area contributed by atoms with Crippen molar-refractivity contribution in [1.82, 2.24) is 9.55 Å². The van der Waals surface area contributed by atoms with Crippen molar-refractivity contribution < 1.29 is 19.1 Å². The first-order chi connectivity index (χ1) is 18.0. The Hall–Kier alpha value is -4.11. The molecule has 2 aliphatic rings. The minimum absolute atomic E-state index is 0.223. The lowest BCUT2D eigenvalue weighted by atomic mass is 10.1. The van der Waals surface area contributed by atoms with Crippen LogP contribution in [0, 0.1) is 0 Å². The van der Waals surface area contributed by atoms with Crippen molar-refractivity contribution in [2.45, 2.75) is 25.3 Å². The quantitative estimate of drug-likeness (QED) is 0.404. The van der Waals surface area contributed by atoms with Crippen LogP contribution in [-0.4, -0.2) is 60.0 Å². The van der Waals surface area contributed by atoms with Crippen molar-refractivity contribution in [2.24, 2.45) is 0 Å². The third-order valence-electron chi connectivity index (χ3n) is 7.29. The molecule has 2 aliphatic heterocycles. The molecule has 1 unspecified atom stereocenters. The maximum absolute atomic E-state index is 12.7. The summed E-state index contributed by atoms with van der Waals surface area (Å²) >= 11 is 0. The lowest BCUT2D eigenvalue weighted by molar-refractivity contribution is 0.0695. The van der Waals surface area contributed by atoms with E-state index in [9.17, 15) is 14.7 Å². The van der Waals surface area contributed by atoms with Crippen molar-refractivity contribution in [3.8, 4) is 16.9 Å². The van der Waals surface area contributed by atoms with Gasteiger partial charge in [0.1, 0.15) is 11.1 Å². The third-order valence-corrected chi connectivity index (χ3v) is 7.29. The molecule has 9 heteroatoms. The van der Waals surface area contributed by atoms with E-state index < -0.39 is 11.4 Å². The summed E-state index contributed by atoms with van der Waals surface area (Å²) in [4.78, 5) is 33.6. The van der Waals surface area contributed by atoms with Gasteiger partial charge in [0.25, 0.3) is 6.01 Å². The molecular weight excluding hydrogens is 472 g/mol. The molecular formula is C28H28N4O5. The molecule has 0 bridgehead atoms. The highest BCUT2D eigenvalue weighted by Gasteiger charge is 2.28. The highest BCUT2D eigenvalue weighted by Crippen LogP contribution is 2.31. The molecule has 1 atom stereocenters. The van der Waals surface area contributed by atoms with Gasteiger partial charge in [0.2, 0.25) is 0 Å². The molecule has 2 aromatic heterocycles. The number of anilines is 2. The Balaban J connectivity index is 1.42. The molecule has 190 valence electrons. The molecule has 9 nitrogen and oxygen atoms in total. The summed E-state index contributed by atoms with van der Waals surface area (Å²) in [5, 5.41) is 9.63. The summed E-state index contributed by atoms with van der Waals surface area (Å²) < 4.78 is 13.3. The van der Waals surface area contributed by atoms with Crippen LogP contribution in [0.25, 0.3) is 28.0 Å². The number of hydrogen-bond acceptors (Lipinski definition) is 7. The lowest BCUT2D eigenvalue weighted by Gasteiger charge is -2.33. The number of hydrogen-bond donors (Lipinski definition) is 1. The van der Waals surface area contributed by atoms with Gasteiger partial charge in [-0.3, -0.25) is 4.79 Å². The molecule has 0 spiro atoms. The van der Waals surface area contributed by atoms with Crippen LogP contribution in [0.2, 0.25) is 0 Å².